The van der Waals surface area contributed by atoms with Crippen molar-refractivity contribution in [3.05, 3.63) is 112 Å². The highest BCUT2D eigenvalue weighted by molar-refractivity contribution is 6.02. The molecule has 2 aromatic carbocycles. The normalized spacial score (nSPS) is 11.0. The van der Waals surface area contributed by atoms with Crippen molar-refractivity contribution in [3.63, 3.8) is 0 Å². The van der Waals surface area contributed by atoms with Gasteiger partial charge in [-0.2, -0.15) is 4.98 Å². The minimum absolute atomic E-state index is 0.0964. The highest BCUT2D eigenvalue weighted by Gasteiger charge is 2.18. The average molecular weight is 437 g/mol. The second-order valence-electron chi connectivity index (χ2n) is 7.59. The van der Waals surface area contributed by atoms with Crippen LogP contribution in [0, 0.1) is 0 Å². The minimum Gasteiger partial charge on any atom is -0.324 e. The monoisotopic (exact) mass is 437 g/mol. The molecular formula is C25H19N5O3. The van der Waals surface area contributed by atoms with Gasteiger partial charge >= 0.3 is 5.69 Å². The van der Waals surface area contributed by atoms with E-state index in [4.69, 9.17) is 0 Å². The Bertz CT molecular complexity index is 1550. The van der Waals surface area contributed by atoms with E-state index in [1.807, 2.05) is 42.5 Å². The number of aromatic nitrogens is 4. The second-order valence-corrected chi connectivity index (χ2v) is 7.59. The molecule has 5 rings (SSSR count). The van der Waals surface area contributed by atoms with Gasteiger partial charge in [-0.25, -0.2) is 4.79 Å². The van der Waals surface area contributed by atoms with Crippen LogP contribution in [0.4, 0.5) is 5.69 Å². The maximum absolute atomic E-state index is 13.0. The number of rotatable bonds is 5. The zero-order valence-electron chi connectivity index (χ0n) is 17.5. The summed E-state index contributed by atoms with van der Waals surface area (Å²) in [5, 5.41) is 4.86. The summed E-state index contributed by atoms with van der Waals surface area (Å²) < 4.78 is 2.59. The van der Waals surface area contributed by atoms with Gasteiger partial charge in [-0.3, -0.25) is 19.1 Å². The third-order valence-corrected chi connectivity index (χ3v) is 5.42. The molecule has 0 saturated carbocycles. The zero-order chi connectivity index (χ0) is 22.8. The topological polar surface area (TPSA) is 98.9 Å². The lowest BCUT2D eigenvalue weighted by atomic mass is 10.1. The molecule has 0 fully saturated rings. The molecule has 0 bridgehead atoms. The summed E-state index contributed by atoms with van der Waals surface area (Å²) in [6, 6.07) is 20.2. The molecule has 1 amide bonds. The van der Waals surface area contributed by atoms with E-state index in [0.717, 1.165) is 20.9 Å². The van der Waals surface area contributed by atoms with E-state index >= 15 is 0 Å². The van der Waals surface area contributed by atoms with Gasteiger partial charge in [-0.05, 0) is 41.3 Å². The largest absolute Gasteiger partial charge is 0.352 e. The SMILES string of the molecule is O=C(Cn1cccc2c(=O)n(Cc3ccncc3)c(=O)nc1-2)Nc1cccc2ccccc12. The standard InChI is InChI=1S/C25H19N5O3/c31-22(27-21-9-3-6-18-5-1-2-7-19(18)21)16-29-14-4-8-20-23(29)28-25(33)30(24(20)32)15-17-10-12-26-13-11-17/h1-14H,15-16H2,(H,27,31). The molecule has 0 aliphatic carbocycles. The third-order valence-electron chi connectivity index (χ3n) is 5.42. The quantitative estimate of drug-likeness (QED) is 0.456. The first-order chi connectivity index (χ1) is 16.1. The van der Waals surface area contributed by atoms with Crippen molar-refractivity contribution in [2.45, 2.75) is 13.1 Å². The predicted molar refractivity (Wildman–Crippen MR) is 125 cm³/mol. The maximum Gasteiger partial charge on any atom is 0.352 e. The fraction of sp³-hybridized carbons (Fsp3) is 0.0800. The van der Waals surface area contributed by atoms with Crippen molar-refractivity contribution in [2.24, 2.45) is 0 Å². The summed E-state index contributed by atoms with van der Waals surface area (Å²) in [6.45, 7) is 0.000395. The molecular weight excluding hydrogens is 418 g/mol. The average Bonchev–Trinajstić information content (AvgIpc) is 2.83. The van der Waals surface area contributed by atoms with Crippen molar-refractivity contribution in [1.29, 1.82) is 0 Å². The molecule has 0 radical (unpaired) electrons. The number of anilines is 1. The molecule has 3 heterocycles. The van der Waals surface area contributed by atoms with Crippen molar-refractivity contribution < 1.29 is 4.79 Å². The van der Waals surface area contributed by atoms with Crippen LogP contribution in [0.25, 0.3) is 22.2 Å². The van der Waals surface area contributed by atoms with Gasteiger partial charge in [0, 0.05) is 29.7 Å². The van der Waals surface area contributed by atoms with Gasteiger partial charge < -0.3 is 9.88 Å². The minimum atomic E-state index is -0.668. The van der Waals surface area contributed by atoms with E-state index in [1.165, 1.54) is 4.57 Å². The molecule has 0 spiro atoms. The fourth-order valence-electron chi connectivity index (χ4n) is 3.83. The van der Waals surface area contributed by atoms with Gasteiger partial charge in [-0.15, -0.1) is 0 Å². The molecule has 2 aliphatic heterocycles. The molecule has 8 nitrogen and oxygen atoms in total. The van der Waals surface area contributed by atoms with Gasteiger partial charge in [0.25, 0.3) is 5.56 Å². The van der Waals surface area contributed by atoms with Crippen LogP contribution in [-0.2, 0) is 17.9 Å². The second kappa shape index (κ2) is 8.51. The first-order valence-corrected chi connectivity index (χ1v) is 10.4. The lowest BCUT2D eigenvalue weighted by Crippen LogP contribution is -2.38. The van der Waals surface area contributed by atoms with Gasteiger partial charge in [-0.1, -0.05) is 36.4 Å². The first-order valence-electron chi connectivity index (χ1n) is 10.4. The lowest BCUT2D eigenvalue weighted by Gasteiger charge is -2.15. The van der Waals surface area contributed by atoms with Gasteiger partial charge in [0.2, 0.25) is 5.91 Å². The summed E-state index contributed by atoms with van der Waals surface area (Å²) in [5.41, 5.74) is 0.605. The molecule has 162 valence electrons. The number of nitrogens with zero attached hydrogens (tertiary/aromatic N) is 4. The van der Waals surface area contributed by atoms with Crippen LogP contribution in [0.5, 0.6) is 0 Å². The molecule has 0 saturated heterocycles. The number of hydrogen-bond acceptors (Lipinski definition) is 5. The Hall–Kier alpha value is -4.59. The van der Waals surface area contributed by atoms with Crippen LogP contribution in [0.1, 0.15) is 5.56 Å². The van der Waals surface area contributed by atoms with Gasteiger partial charge in [0.15, 0.2) is 5.82 Å². The van der Waals surface area contributed by atoms with Crippen molar-refractivity contribution in [1.82, 2.24) is 19.1 Å². The number of pyridine rings is 2. The molecule has 8 heteroatoms. The molecule has 0 unspecified atom stereocenters. The Morgan fingerprint density at radius 3 is 2.55 bits per heavy atom. The Balaban J connectivity index is 1.45. The number of fused-ring (bicyclic) bond motifs is 2. The van der Waals surface area contributed by atoms with E-state index in [1.54, 1.807) is 42.9 Å². The van der Waals surface area contributed by atoms with Crippen LogP contribution in [-0.4, -0.2) is 25.0 Å². The molecule has 3 aromatic rings. The predicted octanol–water partition coefficient (Wildman–Crippen LogP) is 2.75. The van der Waals surface area contributed by atoms with E-state index in [0.29, 0.717) is 5.69 Å². The number of carbonyl (C=O) groups is 1. The zero-order valence-corrected chi connectivity index (χ0v) is 17.5. The highest BCUT2D eigenvalue weighted by Crippen LogP contribution is 2.23. The van der Waals surface area contributed by atoms with Crippen molar-refractivity contribution in [3.8, 4) is 11.4 Å². The Labute approximate surface area is 188 Å². The summed E-state index contributed by atoms with van der Waals surface area (Å²) >= 11 is 0. The molecule has 33 heavy (non-hydrogen) atoms. The smallest absolute Gasteiger partial charge is 0.324 e. The van der Waals surface area contributed by atoms with Crippen molar-refractivity contribution >= 4 is 22.4 Å². The van der Waals surface area contributed by atoms with Gasteiger partial charge in [0.1, 0.15) is 6.54 Å². The summed E-state index contributed by atoms with van der Waals surface area (Å²) in [5.74, 6) is -0.120. The Morgan fingerprint density at radius 2 is 1.70 bits per heavy atom. The fourth-order valence-corrected chi connectivity index (χ4v) is 3.83. The summed E-state index contributed by atoms with van der Waals surface area (Å²) in [6.07, 6.45) is 4.83. The number of carbonyl (C=O) groups excluding carboxylic acids is 1. The van der Waals surface area contributed by atoms with E-state index < -0.39 is 11.2 Å². The third kappa shape index (κ3) is 4.01. The first kappa shape index (κ1) is 20.3. The molecule has 2 aliphatic rings. The van der Waals surface area contributed by atoms with Crippen LogP contribution >= 0.6 is 0 Å². The van der Waals surface area contributed by atoms with Gasteiger partial charge in [0.05, 0.1) is 12.1 Å². The lowest BCUT2D eigenvalue weighted by molar-refractivity contribution is -0.116. The Kier molecular flexibility index (Phi) is 5.24. The van der Waals surface area contributed by atoms with E-state index in [-0.39, 0.29) is 30.4 Å². The van der Waals surface area contributed by atoms with Crippen LogP contribution < -0.4 is 16.6 Å². The van der Waals surface area contributed by atoms with E-state index in [9.17, 15) is 14.4 Å². The van der Waals surface area contributed by atoms with Crippen LogP contribution in [0.2, 0.25) is 0 Å². The number of hydrogen-bond donors (Lipinski definition) is 1. The Morgan fingerprint density at radius 1 is 0.909 bits per heavy atom. The number of nitrogens with one attached hydrogen (secondary N) is 1. The molecule has 1 aromatic heterocycles. The summed E-state index contributed by atoms with van der Waals surface area (Å²) in [4.78, 5) is 46.6. The van der Waals surface area contributed by atoms with E-state index in [2.05, 4.69) is 15.3 Å². The van der Waals surface area contributed by atoms with Crippen LogP contribution in [0.15, 0.2) is 94.9 Å². The number of amides is 1. The molecule has 0 atom stereocenters. The maximum atomic E-state index is 13.0. The molecule has 1 N–H and O–H groups in total. The van der Waals surface area contributed by atoms with Crippen LogP contribution in [0.3, 0.4) is 0 Å². The highest BCUT2D eigenvalue weighted by atomic mass is 16.2. The van der Waals surface area contributed by atoms with Crippen molar-refractivity contribution in [2.75, 3.05) is 5.32 Å². The number of benzene rings is 2. The summed E-state index contributed by atoms with van der Waals surface area (Å²) in [7, 11) is 0.